The van der Waals surface area contributed by atoms with E-state index in [1.807, 2.05) is 42.5 Å². The predicted molar refractivity (Wildman–Crippen MR) is 120 cm³/mol. The van der Waals surface area contributed by atoms with E-state index >= 15 is 0 Å². The highest BCUT2D eigenvalue weighted by Gasteiger charge is 2.50. The number of aromatic hydroxyl groups is 1. The predicted octanol–water partition coefficient (Wildman–Crippen LogP) is 4.05. The van der Waals surface area contributed by atoms with Crippen molar-refractivity contribution >= 4 is 5.97 Å². The van der Waals surface area contributed by atoms with Crippen LogP contribution >= 0.6 is 0 Å². The summed E-state index contributed by atoms with van der Waals surface area (Å²) < 4.78 is 5.08. The Bertz CT molecular complexity index is 901. The first kappa shape index (κ1) is 21.8. The van der Waals surface area contributed by atoms with Crippen molar-refractivity contribution < 1.29 is 19.7 Å². The Labute approximate surface area is 184 Å². The fourth-order valence-electron chi connectivity index (χ4n) is 6.02. The van der Waals surface area contributed by atoms with Gasteiger partial charge in [0.05, 0.1) is 19.1 Å². The summed E-state index contributed by atoms with van der Waals surface area (Å²) in [5, 5.41) is 21.1. The lowest BCUT2D eigenvalue weighted by Crippen LogP contribution is -2.59. The maximum atomic E-state index is 12.6. The fraction of sp³-hybridized carbons (Fsp3) is 0.500. The molecule has 2 fully saturated rings. The molecule has 2 bridgehead atoms. The molecule has 2 aromatic carbocycles. The van der Waals surface area contributed by atoms with Gasteiger partial charge in [-0.2, -0.15) is 0 Å². The number of phenolic OH excluding ortho intramolecular Hbond substituents is 1. The van der Waals surface area contributed by atoms with E-state index in [0.717, 1.165) is 37.8 Å². The molecule has 1 saturated carbocycles. The minimum Gasteiger partial charge on any atom is -0.508 e. The standard InChI is InChI=1S/C26H33NO4/c1-18-23-12-7-13-26(18,20-10-6-11-21(28)16-20)14-15-27(23)17-22(25(30)31-2)24(29)19-8-4-3-5-9-19/h3-6,8-11,16,18,22-24,28-29H,7,12-15,17H2,1-2H3/t18-,22+,23?,24-,26?/m0/s1. The number of nitrogens with zero attached hydrogens (tertiary/aromatic N) is 1. The number of carbonyl (C=O) groups excluding carboxylic acids is 1. The summed E-state index contributed by atoms with van der Waals surface area (Å²) in [5.41, 5.74) is 2.01. The smallest absolute Gasteiger partial charge is 0.312 e. The molecule has 166 valence electrons. The van der Waals surface area contributed by atoms with E-state index in [9.17, 15) is 15.0 Å². The molecule has 31 heavy (non-hydrogen) atoms. The molecule has 5 atom stereocenters. The third-order valence-electron chi connectivity index (χ3n) is 7.76. The van der Waals surface area contributed by atoms with E-state index in [4.69, 9.17) is 4.74 Å². The maximum Gasteiger partial charge on any atom is 0.312 e. The number of carbonyl (C=O) groups is 1. The lowest BCUT2D eigenvalue weighted by atomic mass is 9.57. The van der Waals surface area contributed by atoms with Crippen LogP contribution in [0.1, 0.15) is 49.8 Å². The number of methoxy groups -OCH3 is 1. The lowest BCUT2D eigenvalue weighted by Gasteiger charge is -2.56. The van der Waals surface area contributed by atoms with Crippen molar-refractivity contribution in [3.8, 4) is 5.75 Å². The van der Waals surface area contributed by atoms with Crippen LogP contribution in [0.4, 0.5) is 0 Å². The van der Waals surface area contributed by atoms with Crippen molar-refractivity contribution in [3.05, 3.63) is 65.7 Å². The van der Waals surface area contributed by atoms with E-state index in [0.29, 0.717) is 24.3 Å². The van der Waals surface area contributed by atoms with Crippen LogP contribution in [0.3, 0.4) is 0 Å². The highest BCUT2D eigenvalue weighted by Crippen LogP contribution is 2.51. The van der Waals surface area contributed by atoms with Gasteiger partial charge in [-0.1, -0.05) is 55.8 Å². The Morgan fingerprint density at radius 2 is 1.97 bits per heavy atom. The summed E-state index contributed by atoms with van der Waals surface area (Å²) in [6.07, 6.45) is 3.39. The number of phenols is 1. The molecule has 1 saturated heterocycles. The number of benzene rings is 2. The molecular formula is C26H33NO4. The quantitative estimate of drug-likeness (QED) is 0.686. The van der Waals surface area contributed by atoms with Crippen molar-refractivity contribution in [2.75, 3.05) is 20.2 Å². The summed E-state index contributed by atoms with van der Waals surface area (Å²) >= 11 is 0. The molecule has 0 amide bonds. The van der Waals surface area contributed by atoms with E-state index in [-0.39, 0.29) is 11.4 Å². The molecule has 1 aliphatic carbocycles. The van der Waals surface area contributed by atoms with Gasteiger partial charge in [0.2, 0.25) is 0 Å². The molecule has 5 nitrogen and oxygen atoms in total. The number of aliphatic hydroxyl groups is 1. The number of fused-ring (bicyclic) bond motifs is 2. The van der Waals surface area contributed by atoms with Crippen LogP contribution in [-0.2, 0) is 14.9 Å². The number of ether oxygens (including phenoxy) is 1. The first-order valence-electron chi connectivity index (χ1n) is 11.3. The van der Waals surface area contributed by atoms with Crippen molar-refractivity contribution in [3.63, 3.8) is 0 Å². The molecule has 0 aromatic heterocycles. The number of rotatable bonds is 6. The van der Waals surface area contributed by atoms with Gasteiger partial charge in [-0.3, -0.25) is 9.69 Å². The number of hydrogen-bond donors (Lipinski definition) is 2. The normalized spacial score (nSPS) is 28.0. The number of hydrogen-bond acceptors (Lipinski definition) is 5. The second-order valence-electron chi connectivity index (χ2n) is 9.18. The van der Waals surface area contributed by atoms with Gasteiger partial charge >= 0.3 is 5.97 Å². The molecule has 2 aliphatic rings. The molecule has 4 rings (SSSR count). The van der Waals surface area contributed by atoms with Crippen LogP contribution in [0, 0.1) is 11.8 Å². The van der Waals surface area contributed by atoms with Crippen LogP contribution in [0.25, 0.3) is 0 Å². The average molecular weight is 424 g/mol. The average Bonchev–Trinajstić information content (AvgIpc) is 2.78. The first-order chi connectivity index (χ1) is 15.0. The van der Waals surface area contributed by atoms with Crippen molar-refractivity contribution in [1.82, 2.24) is 4.90 Å². The molecule has 1 aliphatic heterocycles. The molecular weight excluding hydrogens is 390 g/mol. The van der Waals surface area contributed by atoms with E-state index in [1.165, 1.54) is 12.7 Å². The summed E-state index contributed by atoms with van der Waals surface area (Å²) in [5.74, 6) is -0.288. The van der Waals surface area contributed by atoms with Gasteiger partial charge in [-0.15, -0.1) is 0 Å². The van der Waals surface area contributed by atoms with Crippen molar-refractivity contribution in [1.29, 1.82) is 0 Å². The largest absolute Gasteiger partial charge is 0.508 e. The first-order valence-corrected chi connectivity index (χ1v) is 11.3. The molecule has 2 aromatic rings. The SMILES string of the molecule is COC(=O)[C@H](CN1CCC2(c3cccc(O)c3)CCCC1[C@@H]2C)[C@@H](O)c1ccccc1. The van der Waals surface area contributed by atoms with Crippen LogP contribution in [0.15, 0.2) is 54.6 Å². The fourth-order valence-corrected chi connectivity index (χ4v) is 6.02. The van der Waals surface area contributed by atoms with E-state index in [2.05, 4.69) is 17.9 Å². The molecule has 1 heterocycles. The minimum atomic E-state index is -0.898. The van der Waals surface area contributed by atoms with E-state index in [1.54, 1.807) is 6.07 Å². The second kappa shape index (κ2) is 9.01. The third-order valence-corrected chi connectivity index (χ3v) is 7.76. The summed E-state index contributed by atoms with van der Waals surface area (Å²) in [4.78, 5) is 15.0. The highest BCUT2D eigenvalue weighted by molar-refractivity contribution is 5.73. The Balaban J connectivity index is 1.57. The monoisotopic (exact) mass is 423 g/mol. The van der Waals surface area contributed by atoms with Gasteiger partial charge in [-0.05, 0) is 55.0 Å². The zero-order valence-electron chi connectivity index (χ0n) is 18.4. The van der Waals surface area contributed by atoms with Gasteiger partial charge in [0.15, 0.2) is 0 Å². The molecule has 2 N–H and O–H groups in total. The molecule has 2 unspecified atom stereocenters. The number of esters is 1. The van der Waals surface area contributed by atoms with E-state index < -0.39 is 12.0 Å². The Morgan fingerprint density at radius 1 is 1.19 bits per heavy atom. The van der Waals surface area contributed by atoms with Gasteiger partial charge in [0.1, 0.15) is 5.75 Å². The highest BCUT2D eigenvalue weighted by atomic mass is 16.5. The summed E-state index contributed by atoms with van der Waals surface area (Å²) in [7, 11) is 1.39. The summed E-state index contributed by atoms with van der Waals surface area (Å²) in [6, 6.07) is 17.4. The number of aliphatic hydroxyl groups excluding tert-OH is 1. The molecule has 5 heteroatoms. The van der Waals surface area contributed by atoms with Gasteiger partial charge in [0.25, 0.3) is 0 Å². The van der Waals surface area contributed by atoms with Crippen molar-refractivity contribution in [2.45, 2.75) is 50.2 Å². The zero-order valence-corrected chi connectivity index (χ0v) is 18.4. The topological polar surface area (TPSA) is 70.0 Å². The Kier molecular flexibility index (Phi) is 6.35. The third kappa shape index (κ3) is 4.09. The van der Waals surface area contributed by atoms with Crippen LogP contribution < -0.4 is 0 Å². The second-order valence-corrected chi connectivity index (χ2v) is 9.18. The van der Waals surface area contributed by atoms with Crippen LogP contribution in [-0.4, -0.2) is 47.3 Å². The summed E-state index contributed by atoms with van der Waals surface area (Å²) in [6.45, 7) is 3.65. The Morgan fingerprint density at radius 3 is 2.68 bits per heavy atom. The lowest BCUT2D eigenvalue weighted by molar-refractivity contribution is -0.152. The van der Waals surface area contributed by atoms with Gasteiger partial charge < -0.3 is 14.9 Å². The van der Waals surface area contributed by atoms with Crippen LogP contribution in [0.2, 0.25) is 0 Å². The number of likely N-dealkylation sites (tertiary alicyclic amines) is 1. The molecule has 0 spiro atoms. The van der Waals surface area contributed by atoms with Crippen molar-refractivity contribution in [2.24, 2.45) is 11.8 Å². The molecule has 0 radical (unpaired) electrons. The van der Waals surface area contributed by atoms with Gasteiger partial charge in [-0.25, -0.2) is 0 Å². The van der Waals surface area contributed by atoms with Crippen LogP contribution in [0.5, 0.6) is 5.75 Å². The Hall–Kier alpha value is -2.37. The minimum absolute atomic E-state index is 0.0525. The maximum absolute atomic E-state index is 12.6. The van der Waals surface area contributed by atoms with Gasteiger partial charge in [0, 0.05) is 18.0 Å². The zero-order chi connectivity index (χ0) is 22.0. The number of piperidine rings is 1.